The van der Waals surface area contributed by atoms with Crippen molar-refractivity contribution in [2.75, 3.05) is 18.0 Å². The number of nitrogens with one attached hydrogen (secondary N) is 1. The number of aromatic nitrogens is 3. The Balaban J connectivity index is 1.18. The molecule has 3 aromatic rings. The van der Waals surface area contributed by atoms with Gasteiger partial charge < -0.3 is 9.80 Å². The van der Waals surface area contributed by atoms with Crippen molar-refractivity contribution in [2.24, 2.45) is 9.98 Å². The standard InChI is InChI=1S/C28H31N7O2/c1-3-7-21-16-19-8-4-5-9-22(19)34(21)26(36)28(2)17-24(30-18-31-28)33-14-11-20(12-15-33)35-23-10-6-13-29-25(23)32-27(35)37/h3-6,8-10,13,18,20-21H,1,7,11-12,14-17H2,2H3,(H,29,32,37). The van der Waals surface area contributed by atoms with Crippen LogP contribution in [0.15, 0.2) is 70.0 Å². The second-order valence-electron chi connectivity index (χ2n) is 10.3. The Morgan fingerprint density at radius 3 is 2.84 bits per heavy atom. The van der Waals surface area contributed by atoms with E-state index in [0.29, 0.717) is 12.1 Å². The van der Waals surface area contributed by atoms with E-state index in [9.17, 15) is 9.59 Å². The first-order valence-corrected chi connectivity index (χ1v) is 12.9. The highest BCUT2D eigenvalue weighted by Gasteiger charge is 2.45. The zero-order chi connectivity index (χ0) is 25.6. The van der Waals surface area contributed by atoms with Gasteiger partial charge in [-0.2, -0.15) is 0 Å². The van der Waals surface area contributed by atoms with Crippen molar-refractivity contribution in [1.29, 1.82) is 0 Å². The Morgan fingerprint density at radius 2 is 2.03 bits per heavy atom. The molecule has 9 heteroatoms. The van der Waals surface area contributed by atoms with Gasteiger partial charge in [0.15, 0.2) is 5.65 Å². The summed E-state index contributed by atoms with van der Waals surface area (Å²) in [6.45, 7) is 7.34. The van der Waals surface area contributed by atoms with Gasteiger partial charge in [0.05, 0.1) is 5.52 Å². The predicted octanol–water partition coefficient (Wildman–Crippen LogP) is 3.48. The lowest BCUT2D eigenvalue weighted by molar-refractivity contribution is -0.123. The van der Waals surface area contributed by atoms with Gasteiger partial charge in [-0.1, -0.05) is 24.3 Å². The Labute approximate surface area is 215 Å². The third-order valence-corrected chi connectivity index (χ3v) is 7.93. The van der Waals surface area contributed by atoms with Crippen molar-refractivity contribution >= 4 is 34.9 Å². The first-order valence-electron chi connectivity index (χ1n) is 12.9. The molecule has 1 amide bonds. The maximum Gasteiger partial charge on any atom is 0.327 e. The Kier molecular flexibility index (Phi) is 5.78. The fraction of sp³-hybridized carbons (Fsp3) is 0.393. The zero-order valence-corrected chi connectivity index (χ0v) is 21.0. The molecule has 1 N–H and O–H groups in total. The third kappa shape index (κ3) is 3.98. The molecule has 5 heterocycles. The number of pyridine rings is 1. The minimum atomic E-state index is -0.926. The van der Waals surface area contributed by atoms with E-state index in [-0.39, 0.29) is 23.7 Å². The molecule has 190 valence electrons. The molecule has 1 aromatic carbocycles. The van der Waals surface area contributed by atoms with Crippen molar-refractivity contribution in [1.82, 2.24) is 19.4 Å². The molecule has 37 heavy (non-hydrogen) atoms. The highest BCUT2D eigenvalue weighted by Crippen LogP contribution is 2.37. The van der Waals surface area contributed by atoms with Crippen LogP contribution >= 0.6 is 0 Å². The molecule has 3 aliphatic heterocycles. The van der Waals surface area contributed by atoms with Crippen LogP contribution in [-0.4, -0.2) is 62.2 Å². The Hall–Kier alpha value is -4.01. The van der Waals surface area contributed by atoms with Crippen LogP contribution in [0.1, 0.15) is 44.2 Å². The van der Waals surface area contributed by atoms with Gasteiger partial charge in [-0.25, -0.2) is 14.8 Å². The van der Waals surface area contributed by atoms with Crippen LogP contribution in [-0.2, 0) is 11.2 Å². The number of anilines is 1. The van der Waals surface area contributed by atoms with Gasteiger partial charge in [-0.05, 0) is 56.4 Å². The van der Waals surface area contributed by atoms with Gasteiger partial charge in [0.25, 0.3) is 5.91 Å². The van der Waals surface area contributed by atoms with Crippen LogP contribution < -0.4 is 10.6 Å². The lowest BCUT2D eigenvalue weighted by Crippen LogP contribution is -2.53. The minimum Gasteiger partial charge on any atom is -0.360 e. The summed E-state index contributed by atoms with van der Waals surface area (Å²) in [5.41, 5.74) is 2.57. The van der Waals surface area contributed by atoms with Crippen molar-refractivity contribution in [3.05, 3.63) is 71.3 Å². The highest BCUT2D eigenvalue weighted by atomic mass is 16.2. The first-order chi connectivity index (χ1) is 18.0. The van der Waals surface area contributed by atoms with Gasteiger partial charge in [-0.3, -0.25) is 19.3 Å². The first kappa shape index (κ1) is 23.4. The topological polar surface area (TPSA) is 99.0 Å². The Morgan fingerprint density at radius 1 is 1.22 bits per heavy atom. The summed E-state index contributed by atoms with van der Waals surface area (Å²) in [5.74, 6) is 0.880. The molecule has 1 fully saturated rings. The third-order valence-electron chi connectivity index (χ3n) is 7.93. The number of hydrogen-bond donors (Lipinski definition) is 1. The monoisotopic (exact) mass is 497 g/mol. The molecule has 9 nitrogen and oxygen atoms in total. The lowest BCUT2D eigenvalue weighted by atomic mass is 9.92. The number of carbonyl (C=O) groups excluding carboxylic acids is 1. The van der Waals surface area contributed by atoms with E-state index in [0.717, 1.165) is 55.8 Å². The van der Waals surface area contributed by atoms with Gasteiger partial charge in [0, 0.05) is 43.5 Å². The number of hydrogen-bond acceptors (Lipinski definition) is 6. The summed E-state index contributed by atoms with van der Waals surface area (Å²) in [5, 5.41) is 0. The molecule has 6 rings (SSSR count). The number of amides is 1. The van der Waals surface area contributed by atoms with E-state index in [1.54, 1.807) is 12.5 Å². The Bertz CT molecular complexity index is 1480. The smallest absolute Gasteiger partial charge is 0.327 e. The second-order valence-corrected chi connectivity index (χ2v) is 10.3. The van der Waals surface area contributed by atoms with E-state index < -0.39 is 5.54 Å². The molecule has 0 spiro atoms. The SMILES string of the molecule is C=CCC1Cc2ccccc2N1C(=O)C1(C)CC(N2CCC(n3c(=O)[nH]c4ncccc43)CC2)=NC=N1. The normalized spacial score (nSPS) is 23.8. The molecule has 0 saturated carbocycles. The van der Waals surface area contributed by atoms with Gasteiger partial charge >= 0.3 is 5.69 Å². The summed E-state index contributed by atoms with van der Waals surface area (Å²) >= 11 is 0. The average molecular weight is 498 g/mol. The van der Waals surface area contributed by atoms with Crippen LogP contribution in [0.25, 0.3) is 11.2 Å². The van der Waals surface area contributed by atoms with Gasteiger partial charge in [-0.15, -0.1) is 6.58 Å². The number of aliphatic imine (C=N–C) groups is 2. The van der Waals surface area contributed by atoms with Crippen molar-refractivity contribution in [3.8, 4) is 0 Å². The number of nitrogens with zero attached hydrogens (tertiary/aromatic N) is 6. The lowest BCUT2D eigenvalue weighted by Gasteiger charge is -2.39. The van der Waals surface area contributed by atoms with Crippen LogP contribution in [0.4, 0.5) is 5.69 Å². The van der Waals surface area contributed by atoms with Gasteiger partial charge in [0.2, 0.25) is 0 Å². The summed E-state index contributed by atoms with van der Waals surface area (Å²) in [7, 11) is 0. The molecule has 2 aromatic heterocycles. The number of carbonyl (C=O) groups is 1. The zero-order valence-electron chi connectivity index (χ0n) is 21.0. The number of fused-ring (bicyclic) bond motifs is 2. The van der Waals surface area contributed by atoms with Crippen LogP contribution in [0.5, 0.6) is 0 Å². The molecule has 1 saturated heterocycles. The molecular formula is C28H31N7O2. The number of likely N-dealkylation sites (tertiary alicyclic amines) is 1. The molecule has 0 bridgehead atoms. The molecule has 2 unspecified atom stereocenters. The van der Waals surface area contributed by atoms with E-state index >= 15 is 0 Å². The molecule has 2 atom stereocenters. The number of aromatic amines is 1. The summed E-state index contributed by atoms with van der Waals surface area (Å²) in [6.07, 6.45) is 8.74. The fourth-order valence-corrected chi connectivity index (χ4v) is 6.03. The van der Waals surface area contributed by atoms with Crippen molar-refractivity contribution in [3.63, 3.8) is 0 Å². The molecule has 0 radical (unpaired) electrons. The van der Waals surface area contributed by atoms with Gasteiger partial charge in [0.1, 0.15) is 17.7 Å². The van der Waals surface area contributed by atoms with E-state index in [1.165, 1.54) is 5.56 Å². The number of benzene rings is 1. The quantitative estimate of drug-likeness (QED) is 0.558. The van der Waals surface area contributed by atoms with Crippen LogP contribution in [0.3, 0.4) is 0 Å². The van der Waals surface area contributed by atoms with Crippen LogP contribution in [0.2, 0.25) is 0 Å². The maximum absolute atomic E-state index is 14.0. The van der Waals surface area contributed by atoms with Crippen molar-refractivity contribution < 1.29 is 4.79 Å². The summed E-state index contributed by atoms with van der Waals surface area (Å²) in [6, 6.07) is 12.0. The number of para-hydroxylation sites is 1. The number of rotatable bonds is 4. The van der Waals surface area contributed by atoms with Crippen LogP contribution in [0, 0.1) is 0 Å². The number of amidine groups is 1. The predicted molar refractivity (Wildman–Crippen MR) is 145 cm³/mol. The maximum atomic E-state index is 14.0. The molecule has 0 aliphatic carbocycles. The average Bonchev–Trinajstić information content (AvgIpc) is 3.45. The number of H-pyrrole nitrogens is 1. The molecule has 3 aliphatic rings. The number of imidazole rings is 1. The van der Waals surface area contributed by atoms with E-state index in [4.69, 9.17) is 0 Å². The largest absolute Gasteiger partial charge is 0.360 e. The summed E-state index contributed by atoms with van der Waals surface area (Å²) < 4.78 is 1.84. The number of piperidine rings is 1. The minimum absolute atomic E-state index is 0.000630. The fourth-order valence-electron chi connectivity index (χ4n) is 6.03. The second kappa shape index (κ2) is 9.14. The summed E-state index contributed by atoms with van der Waals surface area (Å²) in [4.78, 5) is 47.2. The van der Waals surface area contributed by atoms with E-state index in [2.05, 4.69) is 37.5 Å². The van der Waals surface area contributed by atoms with Crippen molar-refractivity contribution in [2.45, 2.75) is 56.7 Å². The highest BCUT2D eigenvalue weighted by molar-refractivity contribution is 6.07. The molecular weight excluding hydrogens is 466 g/mol. The van der Waals surface area contributed by atoms with E-state index in [1.807, 2.05) is 52.8 Å².